The van der Waals surface area contributed by atoms with E-state index in [9.17, 15) is 4.79 Å². The number of carbonyl (C=O) groups excluding carboxylic acids is 1. The first-order valence-electron chi connectivity index (χ1n) is 15.0. The van der Waals surface area contributed by atoms with Gasteiger partial charge in [-0.3, -0.25) is 0 Å². The van der Waals surface area contributed by atoms with E-state index < -0.39 is 5.60 Å². The summed E-state index contributed by atoms with van der Waals surface area (Å²) in [5, 5.41) is 0. The minimum Gasteiger partial charge on any atom is -0.456 e. The third kappa shape index (κ3) is 5.62. The van der Waals surface area contributed by atoms with Gasteiger partial charge in [-0.05, 0) is 55.7 Å². The Balaban J connectivity index is 1.18. The van der Waals surface area contributed by atoms with Crippen molar-refractivity contribution < 1.29 is 23.7 Å². The average Bonchev–Trinajstić information content (AvgIpc) is 3.26. The smallest absolute Gasteiger partial charge is 0.340 e. The number of fused-ring (bicyclic) bond motifs is 6. The Morgan fingerprint density at radius 3 is 2.50 bits per heavy atom. The molecule has 7 heteroatoms. The molecule has 0 saturated carbocycles. The molecule has 1 atom stereocenters. The van der Waals surface area contributed by atoms with E-state index in [2.05, 4.69) is 22.8 Å². The van der Waals surface area contributed by atoms with Gasteiger partial charge in [-0.15, -0.1) is 11.6 Å². The number of anilines is 1. The highest BCUT2D eigenvalue weighted by Gasteiger charge is 2.55. The van der Waals surface area contributed by atoms with Crippen LogP contribution < -0.4 is 9.64 Å². The van der Waals surface area contributed by atoms with Crippen LogP contribution in [0.3, 0.4) is 0 Å². The van der Waals surface area contributed by atoms with Crippen LogP contribution in [-0.4, -0.2) is 51.4 Å². The first kappa shape index (κ1) is 28.6. The maximum Gasteiger partial charge on any atom is 0.340 e. The maximum absolute atomic E-state index is 13.4. The Kier molecular flexibility index (Phi) is 9.00. The van der Waals surface area contributed by atoms with Crippen LogP contribution in [0.1, 0.15) is 71.1 Å². The van der Waals surface area contributed by atoms with Crippen molar-refractivity contribution in [3.05, 3.63) is 88.5 Å². The van der Waals surface area contributed by atoms with E-state index in [1.165, 1.54) is 0 Å². The third-order valence-corrected chi connectivity index (χ3v) is 8.32. The van der Waals surface area contributed by atoms with Gasteiger partial charge >= 0.3 is 5.97 Å². The van der Waals surface area contributed by atoms with Crippen molar-refractivity contribution in [1.82, 2.24) is 0 Å². The summed E-state index contributed by atoms with van der Waals surface area (Å²) >= 11 is 5.70. The molecule has 1 unspecified atom stereocenters. The van der Waals surface area contributed by atoms with Crippen LogP contribution in [0.2, 0.25) is 0 Å². The minimum absolute atomic E-state index is 0.337. The van der Waals surface area contributed by atoms with Crippen LogP contribution in [0.25, 0.3) is 0 Å². The highest BCUT2D eigenvalue weighted by Crippen LogP contribution is 2.58. The maximum atomic E-state index is 13.4. The average molecular weight is 586 g/mol. The van der Waals surface area contributed by atoms with E-state index in [1.54, 1.807) is 0 Å². The van der Waals surface area contributed by atoms with Crippen molar-refractivity contribution >= 4 is 23.3 Å². The van der Waals surface area contributed by atoms with E-state index in [4.69, 9.17) is 30.5 Å². The van der Waals surface area contributed by atoms with E-state index in [0.717, 1.165) is 85.6 Å². The molecule has 0 aromatic heterocycles. The molecule has 0 radical (unpaired) electrons. The molecular formula is C35H36ClNO5. The molecule has 1 saturated heterocycles. The van der Waals surface area contributed by atoms with Crippen molar-refractivity contribution in [2.45, 2.75) is 44.1 Å². The van der Waals surface area contributed by atoms with Crippen LogP contribution in [0.15, 0.2) is 60.7 Å². The number of halogens is 1. The van der Waals surface area contributed by atoms with Gasteiger partial charge in [-0.2, -0.15) is 0 Å². The Morgan fingerprint density at radius 2 is 1.67 bits per heavy atom. The molecule has 0 aliphatic carbocycles. The summed E-state index contributed by atoms with van der Waals surface area (Å²) < 4.78 is 24.1. The Bertz CT molecular complexity index is 1490. The van der Waals surface area contributed by atoms with Gasteiger partial charge in [-0.1, -0.05) is 48.9 Å². The second-order valence-corrected chi connectivity index (χ2v) is 11.2. The summed E-state index contributed by atoms with van der Waals surface area (Å²) in [5.74, 6) is 8.30. The highest BCUT2D eigenvalue weighted by atomic mass is 35.5. The normalized spacial score (nSPS) is 17.8. The fraction of sp³-hybridized carbons (Fsp3) is 0.400. The van der Waals surface area contributed by atoms with Crippen LogP contribution in [0.4, 0.5) is 5.69 Å². The van der Waals surface area contributed by atoms with Gasteiger partial charge in [0.2, 0.25) is 0 Å². The van der Waals surface area contributed by atoms with Crippen LogP contribution in [0, 0.1) is 11.8 Å². The van der Waals surface area contributed by atoms with Gasteiger partial charge in [0.05, 0.1) is 30.9 Å². The Morgan fingerprint density at radius 1 is 0.857 bits per heavy atom. The summed E-state index contributed by atoms with van der Waals surface area (Å²) in [6, 6.07) is 19.6. The number of benzene rings is 3. The summed E-state index contributed by atoms with van der Waals surface area (Å²) in [6.45, 7) is 4.38. The molecule has 6 rings (SSSR count). The summed E-state index contributed by atoms with van der Waals surface area (Å²) in [4.78, 5) is 15.7. The number of esters is 1. The minimum atomic E-state index is -1.10. The van der Waals surface area contributed by atoms with Crippen molar-refractivity contribution in [3.8, 4) is 23.3 Å². The molecule has 6 nitrogen and oxygen atoms in total. The predicted octanol–water partition coefficient (Wildman–Crippen LogP) is 7.04. The molecule has 3 aromatic rings. The summed E-state index contributed by atoms with van der Waals surface area (Å²) in [6.07, 6.45) is 6.18. The van der Waals surface area contributed by atoms with Crippen LogP contribution in [-0.2, 0) is 19.8 Å². The van der Waals surface area contributed by atoms with E-state index in [-0.39, 0.29) is 5.97 Å². The molecular weight excluding hydrogens is 550 g/mol. The molecule has 3 aliphatic heterocycles. The molecule has 0 N–H and O–H groups in total. The van der Waals surface area contributed by atoms with Gasteiger partial charge in [0.15, 0.2) is 5.60 Å². The fourth-order valence-corrected chi connectivity index (χ4v) is 6.06. The van der Waals surface area contributed by atoms with Crippen molar-refractivity contribution in [3.63, 3.8) is 0 Å². The number of nitrogens with zero attached hydrogens (tertiary/aromatic N) is 1. The standard InChI is InChI=1S/C35H36ClNO5/c36-18-6-1-2-7-21-39-23-24-40-22-8-5-11-26-16-17-27-29(25-26)35(42-34(27)38)28-12-3-4-14-31(28)41-32-15-9-13-30(33(32)35)37-19-10-20-37/h3-4,9,12-17,25H,1-2,6-8,10,18-24H2. The lowest BCUT2D eigenvalue weighted by atomic mass is 9.76. The quantitative estimate of drug-likeness (QED) is 0.0983. The van der Waals surface area contributed by atoms with E-state index in [1.807, 2.05) is 54.6 Å². The molecule has 1 spiro atoms. The van der Waals surface area contributed by atoms with Crippen LogP contribution in [0.5, 0.6) is 11.5 Å². The third-order valence-electron chi connectivity index (χ3n) is 8.05. The molecule has 3 aliphatic rings. The zero-order chi connectivity index (χ0) is 28.8. The lowest BCUT2D eigenvalue weighted by molar-refractivity contribution is 0.0225. The van der Waals surface area contributed by atoms with Gasteiger partial charge in [0.1, 0.15) is 11.5 Å². The topological polar surface area (TPSA) is 57.2 Å². The Labute approximate surface area is 252 Å². The summed E-state index contributed by atoms with van der Waals surface area (Å²) in [7, 11) is 0. The fourth-order valence-electron chi connectivity index (χ4n) is 5.87. The van der Waals surface area contributed by atoms with E-state index >= 15 is 0 Å². The van der Waals surface area contributed by atoms with E-state index in [0.29, 0.717) is 43.3 Å². The summed E-state index contributed by atoms with van der Waals surface area (Å²) in [5.41, 5.74) is 3.84. The molecule has 42 heavy (non-hydrogen) atoms. The number of hydrogen-bond acceptors (Lipinski definition) is 6. The van der Waals surface area contributed by atoms with Gasteiger partial charge < -0.3 is 23.8 Å². The molecule has 3 heterocycles. The zero-order valence-corrected chi connectivity index (χ0v) is 24.6. The molecule has 218 valence electrons. The SMILES string of the molecule is O=C1OC2(c3ccccc3Oc3cccc(N4CCC4)c32)c2cc(C#CCCOCCOCCCCCCCl)ccc21. The number of carbonyl (C=O) groups is 1. The number of ether oxygens (including phenoxy) is 4. The van der Waals surface area contributed by atoms with Crippen molar-refractivity contribution in [1.29, 1.82) is 0 Å². The predicted molar refractivity (Wildman–Crippen MR) is 164 cm³/mol. The van der Waals surface area contributed by atoms with Crippen LogP contribution >= 0.6 is 11.6 Å². The number of para-hydroxylation sites is 1. The van der Waals surface area contributed by atoms with Crippen molar-refractivity contribution in [2.75, 3.05) is 50.3 Å². The molecule has 0 bridgehead atoms. The lowest BCUT2D eigenvalue weighted by Gasteiger charge is -2.42. The van der Waals surface area contributed by atoms with Gasteiger partial charge in [0.25, 0.3) is 0 Å². The first-order valence-corrected chi connectivity index (χ1v) is 15.5. The monoisotopic (exact) mass is 585 g/mol. The largest absolute Gasteiger partial charge is 0.456 e. The second kappa shape index (κ2) is 13.2. The molecule has 1 fully saturated rings. The number of alkyl halides is 1. The first-order chi connectivity index (χ1) is 20.7. The number of hydrogen-bond donors (Lipinski definition) is 0. The number of unbranched alkanes of at least 4 members (excludes halogenated alkanes) is 3. The lowest BCUT2D eigenvalue weighted by Crippen LogP contribution is -2.41. The molecule has 3 aromatic carbocycles. The van der Waals surface area contributed by atoms with Gasteiger partial charge in [-0.25, -0.2) is 4.79 Å². The Hall–Kier alpha value is -3.50. The molecule has 0 amide bonds. The second-order valence-electron chi connectivity index (χ2n) is 10.8. The van der Waals surface area contributed by atoms with Crippen molar-refractivity contribution in [2.24, 2.45) is 0 Å². The van der Waals surface area contributed by atoms with Gasteiger partial charge in [0, 0.05) is 54.4 Å². The highest BCUT2D eigenvalue weighted by molar-refractivity contribution is 6.17. The number of rotatable bonds is 12. The zero-order valence-electron chi connectivity index (χ0n) is 23.8.